The summed E-state index contributed by atoms with van der Waals surface area (Å²) in [6, 6.07) is 14.4. The van der Waals surface area contributed by atoms with Crippen molar-refractivity contribution in [2.24, 2.45) is 0 Å². The van der Waals surface area contributed by atoms with Crippen molar-refractivity contribution in [3.8, 4) is 5.75 Å². The quantitative estimate of drug-likeness (QED) is 0.410. The number of hydrogen-bond donors (Lipinski definition) is 3. The predicted octanol–water partition coefficient (Wildman–Crippen LogP) is 5.38. The van der Waals surface area contributed by atoms with Crippen LogP contribution in [0.4, 0.5) is 10.5 Å². The Bertz CT molecular complexity index is 854. The maximum Gasteiger partial charge on any atom is 0.411 e. The number of rotatable bonds is 11. The maximum atomic E-state index is 12.0. The molecule has 0 saturated heterocycles. The van der Waals surface area contributed by atoms with Gasteiger partial charge in [-0.3, -0.25) is 10.6 Å². The average molecular weight is 440 g/mol. The summed E-state index contributed by atoms with van der Waals surface area (Å²) in [5.41, 5.74) is 4.44. The van der Waals surface area contributed by atoms with Crippen molar-refractivity contribution in [3.05, 3.63) is 59.2 Å². The third-order valence-electron chi connectivity index (χ3n) is 5.85. The molecule has 0 radical (unpaired) electrons. The van der Waals surface area contributed by atoms with Gasteiger partial charge in [0.25, 0.3) is 0 Å². The lowest BCUT2D eigenvalue weighted by Crippen LogP contribution is -2.49. The lowest BCUT2D eigenvalue weighted by molar-refractivity contribution is 0.159. The van der Waals surface area contributed by atoms with Gasteiger partial charge >= 0.3 is 6.09 Å². The van der Waals surface area contributed by atoms with Crippen molar-refractivity contribution in [1.82, 2.24) is 10.6 Å². The lowest BCUT2D eigenvalue weighted by atomic mass is 9.88. The molecule has 3 N–H and O–H groups in total. The highest BCUT2D eigenvalue weighted by Gasteiger charge is 2.27. The van der Waals surface area contributed by atoms with E-state index in [2.05, 4.69) is 54.1 Å². The fourth-order valence-corrected chi connectivity index (χ4v) is 4.03. The Labute approximate surface area is 192 Å². The Morgan fingerprint density at radius 2 is 1.84 bits per heavy atom. The molecule has 0 bridgehead atoms. The zero-order chi connectivity index (χ0) is 22.8. The standard InChI is InChI=1S/C26H37N3O3/c1-4-6-8-16-32-26(30)28-21-11-9-19(10-12-21)25-23-14-13-22(31-3)17-20(23)18-24(29-25)27-15-7-5-2/h9-14,17,24-25,27,29H,4-8,15-16,18H2,1-3H3,(H,28,30)/t24-,25+/m1/s1. The highest BCUT2D eigenvalue weighted by Crippen LogP contribution is 2.33. The second kappa shape index (κ2) is 12.5. The molecule has 6 nitrogen and oxygen atoms in total. The molecule has 1 aliphatic rings. The number of nitrogens with one attached hydrogen (secondary N) is 3. The summed E-state index contributed by atoms with van der Waals surface area (Å²) in [7, 11) is 1.71. The molecule has 0 aromatic heterocycles. The van der Waals surface area contributed by atoms with E-state index in [4.69, 9.17) is 9.47 Å². The van der Waals surface area contributed by atoms with Crippen LogP contribution in [0.15, 0.2) is 42.5 Å². The Balaban J connectivity index is 1.70. The summed E-state index contributed by atoms with van der Waals surface area (Å²) in [6.07, 6.45) is 6.10. The topological polar surface area (TPSA) is 71.6 Å². The number of unbranched alkanes of at least 4 members (excludes halogenated alkanes) is 3. The van der Waals surface area contributed by atoms with E-state index in [-0.39, 0.29) is 12.2 Å². The van der Waals surface area contributed by atoms with Crippen LogP contribution in [0.1, 0.15) is 68.7 Å². The van der Waals surface area contributed by atoms with Crippen LogP contribution >= 0.6 is 0 Å². The number of carbonyl (C=O) groups excluding carboxylic acids is 1. The first kappa shape index (κ1) is 24.1. The van der Waals surface area contributed by atoms with Crippen molar-refractivity contribution in [2.45, 2.75) is 64.6 Å². The molecular formula is C26H37N3O3. The van der Waals surface area contributed by atoms with E-state index in [0.29, 0.717) is 6.61 Å². The Kier molecular flexibility index (Phi) is 9.38. The van der Waals surface area contributed by atoms with Gasteiger partial charge < -0.3 is 14.8 Å². The Hall–Kier alpha value is -2.57. The van der Waals surface area contributed by atoms with Gasteiger partial charge in [-0.2, -0.15) is 0 Å². The van der Waals surface area contributed by atoms with Crippen molar-refractivity contribution >= 4 is 11.8 Å². The minimum absolute atomic E-state index is 0.0684. The summed E-state index contributed by atoms with van der Waals surface area (Å²) in [4.78, 5) is 12.0. The largest absolute Gasteiger partial charge is 0.497 e. The summed E-state index contributed by atoms with van der Waals surface area (Å²) in [5, 5.41) is 10.2. The first-order valence-electron chi connectivity index (χ1n) is 11.8. The van der Waals surface area contributed by atoms with Crippen molar-refractivity contribution < 1.29 is 14.3 Å². The smallest absolute Gasteiger partial charge is 0.411 e. The van der Waals surface area contributed by atoms with Crippen LogP contribution < -0.4 is 20.7 Å². The normalized spacial score (nSPS) is 17.5. The van der Waals surface area contributed by atoms with Gasteiger partial charge in [0.15, 0.2) is 0 Å². The number of anilines is 1. The zero-order valence-electron chi connectivity index (χ0n) is 19.6. The van der Waals surface area contributed by atoms with Crippen LogP contribution in [0.25, 0.3) is 0 Å². The fourth-order valence-electron chi connectivity index (χ4n) is 4.03. The van der Waals surface area contributed by atoms with Crippen molar-refractivity contribution in [3.63, 3.8) is 0 Å². The predicted molar refractivity (Wildman–Crippen MR) is 129 cm³/mol. The van der Waals surface area contributed by atoms with Crippen LogP contribution in [-0.2, 0) is 11.2 Å². The highest BCUT2D eigenvalue weighted by atomic mass is 16.5. The highest BCUT2D eigenvalue weighted by molar-refractivity contribution is 5.84. The maximum absolute atomic E-state index is 12.0. The third kappa shape index (κ3) is 6.71. The molecule has 0 unspecified atom stereocenters. The third-order valence-corrected chi connectivity index (χ3v) is 5.85. The van der Waals surface area contributed by atoms with Crippen LogP contribution in [0.3, 0.4) is 0 Å². The SMILES string of the molecule is CCCCCOC(=O)Nc1ccc([C@@H]2N[C@@H](NCCCC)Cc3cc(OC)ccc32)cc1. The molecule has 1 heterocycles. The molecule has 0 aliphatic carbocycles. The minimum Gasteiger partial charge on any atom is -0.497 e. The molecule has 0 saturated carbocycles. The van der Waals surface area contributed by atoms with E-state index in [1.165, 1.54) is 17.5 Å². The molecule has 2 atom stereocenters. The molecule has 1 aliphatic heterocycles. The lowest BCUT2D eigenvalue weighted by Gasteiger charge is -2.34. The van der Waals surface area contributed by atoms with Gasteiger partial charge in [-0.1, -0.05) is 51.3 Å². The first-order chi connectivity index (χ1) is 15.6. The van der Waals surface area contributed by atoms with Gasteiger partial charge in [0, 0.05) is 12.1 Å². The average Bonchev–Trinajstić information content (AvgIpc) is 2.81. The molecule has 1 amide bonds. The van der Waals surface area contributed by atoms with E-state index in [1.807, 2.05) is 18.2 Å². The molecule has 0 spiro atoms. The van der Waals surface area contributed by atoms with E-state index in [9.17, 15) is 4.79 Å². The summed E-state index contributed by atoms with van der Waals surface area (Å²) < 4.78 is 10.7. The van der Waals surface area contributed by atoms with Crippen molar-refractivity contribution in [2.75, 3.05) is 25.6 Å². The molecule has 2 aromatic carbocycles. The Morgan fingerprint density at radius 3 is 2.56 bits per heavy atom. The summed E-state index contributed by atoms with van der Waals surface area (Å²) >= 11 is 0. The number of carbonyl (C=O) groups is 1. The fraction of sp³-hybridized carbons (Fsp3) is 0.500. The van der Waals surface area contributed by atoms with E-state index < -0.39 is 6.09 Å². The molecule has 2 aromatic rings. The number of fused-ring (bicyclic) bond motifs is 1. The monoisotopic (exact) mass is 439 g/mol. The first-order valence-corrected chi connectivity index (χ1v) is 11.8. The summed E-state index contributed by atoms with van der Waals surface area (Å²) in [5.74, 6) is 0.883. The van der Waals surface area contributed by atoms with Gasteiger partial charge in [-0.25, -0.2) is 4.79 Å². The van der Waals surface area contributed by atoms with Crippen LogP contribution in [0.2, 0.25) is 0 Å². The molecule has 32 heavy (non-hydrogen) atoms. The Morgan fingerprint density at radius 1 is 1.06 bits per heavy atom. The number of hydrogen-bond acceptors (Lipinski definition) is 5. The molecule has 174 valence electrons. The molecule has 6 heteroatoms. The molecule has 0 fully saturated rings. The van der Waals surface area contributed by atoms with Crippen LogP contribution in [0, 0.1) is 0 Å². The van der Waals surface area contributed by atoms with E-state index in [0.717, 1.165) is 55.6 Å². The van der Waals surface area contributed by atoms with Crippen LogP contribution in [0.5, 0.6) is 5.75 Å². The molecular weight excluding hydrogens is 402 g/mol. The van der Waals surface area contributed by atoms with Gasteiger partial charge in [-0.15, -0.1) is 0 Å². The number of benzene rings is 2. The second-order valence-corrected chi connectivity index (χ2v) is 8.32. The number of amides is 1. The van der Waals surface area contributed by atoms with Gasteiger partial charge in [0.05, 0.1) is 25.9 Å². The minimum atomic E-state index is -0.401. The number of methoxy groups -OCH3 is 1. The second-order valence-electron chi connectivity index (χ2n) is 8.32. The van der Waals surface area contributed by atoms with Crippen LogP contribution in [-0.4, -0.2) is 32.5 Å². The van der Waals surface area contributed by atoms with Gasteiger partial charge in [0.2, 0.25) is 0 Å². The van der Waals surface area contributed by atoms with Crippen molar-refractivity contribution in [1.29, 1.82) is 0 Å². The summed E-state index contributed by atoms with van der Waals surface area (Å²) in [6.45, 7) is 5.77. The number of ether oxygens (including phenoxy) is 2. The zero-order valence-corrected chi connectivity index (χ0v) is 19.6. The van der Waals surface area contributed by atoms with E-state index >= 15 is 0 Å². The van der Waals surface area contributed by atoms with Gasteiger partial charge in [0.1, 0.15) is 5.75 Å². The molecule has 3 rings (SSSR count). The van der Waals surface area contributed by atoms with E-state index in [1.54, 1.807) is 7.11 Å². The van der Waals surface area contributed by atoms with Gasteiger partial charge in [-0.05, 0) is 60.3 Å².